The molecule has 1 heterocycles. The molecule has 2 N–H and O–H groups in total. The van der Waals surface area contributed by atoms with E-state index in [1.165, 1.54) is 10.6 Å². The lowest BCUT2D eigenvalue weighted by Gasteiger charge is -2.35. The van der Waals surface area contributed by atoms with Crippen molar-refractivity contribution in [1.82, 2.24) is 9.88 Å². The number of pyridine rings is 1. The third-order valence-electron chi connectivity index (χ3n) is 3.94. The van der Waals surface area contributed by atoms with Gasteiger partial charge in [-0.3, -0.25) is 9.59 Å². The zero-order valence-corrected chi connectivity index (χ0v) is 13.7. The van der Waals surface area contributed by atoms with Crippen molar-refractivity contribution in [2.24, 2.45) is 5.92 Å². The number of halogens is 1. The van der Waals surface area contributed by atoms with E-state index in [1.807, 2.05) is 0 Å². The van der Waals surface area contributed by atoms with Gasteiger partial charge in [0.05, 0.1) is 5.60 Å². The van der Waals surface area contributed by atoms with E-state index in [4.69, 9.17) is 0 Å². The van der Waals surface area contributed by atoms with E-state index in [0.29, 0.717) is 18.8 Å². The van der Waals surface area contributed by atoms with E-state index < -0.39 is 5.60 Å². The van der Waals surface area contributed by atoms with Crippen molar-refractivity contribution in [3.63, 3.8) is 0 Å². The maximum atomic E-state index is 11.9. The molecule has 2 unspecified atom stereocenters. The van der Waals surface area contributed by atoms with Crippen molar-refractivity contribution in [3.05, 3.63) is 33.2 Å². The van der Waals surface area contributed by atoms with Gasteiger partial charge in [-0.2, -0.15) is 0 Å². The minimum absolute atomic E-state index is 0.0378. The number of carbonyl (C=O) groups excluding carboxylic acids is 1. The molecule has 0 saturated heterocycles. The minimum Gasteiger partial charge on any atom is -0.388 e. The first-order valence-electron chi connectivity index (χ1n) is 7.23. The van der Waals surface area contributed by atoms with Gasteiger partial charge in [-0.05, 0) is 40.8 Å². The van der Waals surface area contributed by atoms with Gasteiger partial charge < -0.3 is 15.0 Å². The Hall–Kier alpha value is -1.14. The molecule has 6 heteroatoms. The number of aliphatic hydroxyl groups is 1. The summed E-state index contributed by atoms with van der Waals surface area (Å²) in [5.74, 6) is 0.218. The lowest BCUT2D eigenvalue weighted by molar-refractivity contribution is -0.123. The van der Waals surface area contributed by atoms with Crippen LogP contribution in [-0.4, -0.2) is 27.7 Å². The van der Waals surface area contributed by atoms with E-state index in [0.717, 1.165) is 17.3 Å². The van der Waals surface area contributed by atoms with Gasteiger partial charge in [-0.1, -0.05) is 19.8 Å². The van der Waals surface area contributed by atoms with Gasteiger partial charge in [0.1, 0.15) is 6.54 Å². The highest BCUT2D eigenvalue weighted by Gasteiger charge is 2.32. The standard InChI is InChI=1S/C15H21BrN2O3/c1-11-3-2-6-15(21,7-11)10-17-13(19)9-18-8-12(16)4-5-14(18)20/h4-5,8,11,21H,2-3,6-7,9-10H2,1H3,(H,17,19). The van der Waals surface area contributed by atoms with Crippen LogP contribution in [0.3, 0.4) is 0 Å². The molecule has 0 aromatic carbocycles. The number of carbonyl (C=O) groups is 1. The maximum absolute atomic E-state index is 11.9. The van der Waals surface area contributed by atoms with Gasteiger partial charge in [0.2, 0.25) is 5.91 Å². The molecule has 1 saturated carbocycles. The van der Waals surface area contributed by atoms with Crippen LogP contribution in [0.4, 0.5) is 0 Å². The molecule has 2 atom stereocenters. The van der Waals surface area contributed by atoms with Crippen LogP contribution in [0, 0.1) is 5.92 Å². The fraction of sp³-hybridized carbons (Fsp3) is 0.600. The molecule has 1 amide bonds. The summed E-state index contributed by atoms with van der Waals surface area (Å²) in [7, 11) is 0. The van der Waals surface area contributed by atoms with Crippen LogP contribution in [0.1, 0.15) is 32.6 Å². The number of aromatic nitrogens is 1. The molecule has 1 aromatic heterocycles. The molecule has 1 aromatic rings. The van der Waals surface area contributed by atoms with Gasteiger partial charge in [0.15, 0.2) is 0 Å². The second kappa shape index (κ2) is 6.75. The number of nitrogens with zero attached hydrogens (tertiary/aromatic N) is 1. The van der Waals surface area contributed by atoms with Crippen molar-refractivity contribution in [2.75, 3.05) is 6.54 Å². The smallest absolute Gasteiger partial charge is 0.251 e. The highest BCUT2D eigenvalue weighted by atomic mass is 79.9. The van der Waals surface area contributed by atoms with Crippen LogP contribution in [0.5, 0.6) is 0 Å². The average Bonchev–Trinajstić information content (AvgIpc) is 2.41. The van der Waals surface area contributed by atoms with Crippen LogP contribution in [0.15, 0.2) is 27.6 Å². The number of hydrogen-bond donors (Lipinski definition) is 2. The second-order valence-corrected chi connectivity index (χ2v) is 6.93. The Morgan fingerprint density at radius 1 is 1.57 bits per heavy atom. The Bertz CT molecular complexity index is 572. The Labute approximate surface area is 132 Å². The van der Waals surface area contributed by atoms with E-state index in [1.54, 1.807) is 12.3 Å². The zero-order chi connectivity index (χ0) is 15.5. The monoisotopic (exact) mass is 356 g/mol. The second-order valence-electron chi connectivity index (χ2n) is 6.02. The summed E-state index contributed by atoms with van der Waals surface area (Å²) in [6.45, 7) is 2.33. The highest BCUT2D eigenvalue weighted by molar-refractivity contribution is 9.10. The molecule has 0 bridgehead atoms. The Morgan fingerprint density at radius 2 is 2.33 bits per heavy atom. The van der Waals surface area contributed by atoms with Crippen molar-refractivity contribution in [2.45, 2.75) is 44.8 Å². The molecule has 0 aliphatic heterocycles. The molecule has 21 heavy (non-hydrogen) atoms. The Balaban J connectivity index is 1.90. The van der Waals surface area contributed by atoms with Gasteiger partial charge >= 0.3 is 0 Å². The first-order valence-corrected chi connectivity index (χ1v) is 8.02. The van der Waals surface area contributed by atoms with E-state index in [9.17, 15) is 14.7 Å². The minimum atomic E-state index is -0.810. The Morgan fingerprint density at radius 3 is 3.05 bits per heavy atom. The van der Waals surface area contributed by atoms with E-state index in [-0.39, 0.29) is 24.6 Å². The quantitative estimate of drug-likeness (QED) is 0.861. The van der Waals surface area contributed by atoms with Crippen molar-refractivity contribution >= 4 is 21.8 Å². The number of nitrogens with one attached hydrogen (secondary N) is 1. The fourth-order valence-corrected chi connectivity index (χ4v) is 3.27. The zero-order valence-electron chi connectivity index (χ0n) is 12.1. The summed E-state index contributed by atoms with van der Waals surface area (Å²) >= 11 is 3.27. The molecule has 2 rings (SSSR count). The molecule has 0 spiro atoms. The molecule has 5 nitrogen and oxygen atoms in total. The molecule has 0 radical (unpaired) electrons. The number of rotatable bonds is 4. The SMILES string of the molecule is CC1CCCC(O)(CNC(=O)Cn2cc(Br)ccc2=O)C1. The van der Waals surface area contributed by atoms with Crippen LogP contribution >= 0.6 is 15.9 Å². The predicted octanol–water partition coefficient (Wildman–Crippen LogP) is 1.67. The third kappa shape index (κ3) is 4.68. The van der Waals surface area contributed by atoms with Crippen molar-refractivity contribution < 1.29 is 9.90 Å². The van der Waals surface area contributed by atoms with Gasteiger partial charge in [0.25, 0.3) is 5.56 Å². The highest BCUT2D eigenvalue weighted by Crippen LogP contribution is 2.31. The fourth-order valence-electron chi connectivity index (χ4n) is 2.89. The van der Waals surface area contributed by atoms with E-state index >= 15 is 0 Å². The molecule has 1 aliphatic rings. The third-order valence-corrected chi connectivity index (χ3v) is 4.41. The summed E-state index contributed by atoms with van der Waals surface area (Å²) < 4.78 is 2.09. The van der Waals surface area contributed by atoms with Crippen molar-refractivity contribution in [3.8, 4) is 0 Å². The number of hydrogen-bond acceptors (Lipinski definition) is 3. The summed E-state index contributed by atoms with van der Waals surface area (Å²) in [6, 6.07) is 3.05. The summed E-state index contributed by atoms with van der Waals surface area (Å²) in [6.07, 6.45) is 5.13. The van der Waals surface area contributed by atoms with Crippen molar-refractivity contribution in [1.29, 1.82) is 0 Å². The summed E-state index contributed by atoms with van der Waals surface area (Å²) in [4.78, 5) is 23.6. The summed E-state index contributed by atoms with van der Waals surface area (Å²) in [5.41, 5.74) is -1.03. The predicted molar refractivity (Wildman–Crippen MR) is 84.0 cm³/mol. The van der Waals surface area contributed by atoms with Crippen LogP contribution in [0.2, 0.25) is 0 Å². The summed E-state index contributed by atoms with van der Waals surface area (Å²) in [5, 5.41) is 13.2. The molecular formula is C15H21BrN2O3. The topological polar surface area (TPSA) is 71.3 Å². The first-order chi connectivity index (χ1) is 9.88. The lowest BCUT2D eigenvalue weighted by atomic mass is 9.79. The first kappa shape index (κ1) is 16.2. The Kier molecular flexibility index (Phi) is 5.22. The molecule has 1 fully saturated rings. The van der Waals surface area contributed by atoms with Crippen LogP contribution in [-0.2, 0) is 11.3 Å². The van der Waals surface area contributed by atoms with Gasteiger partial charge in [0, 0.05) is 23.3 Å². The van der Waals surface area contributed by atoms with E-state index in [2.05, 4.69) is 28.2 Å². The largest absolute Gasteiger partial charge is 0.388 e. The van der Waals surface area contributed by atoms with Gasteiger partial charge in [-0.15, -0.1) is 0 Å². The maximum Gasteiger partial charge on any atom is 0.251 e. The number of amides is 1. The molecular weight excluding hydrogens is 336 g/mol. The molecule has 1 aliphatic carbocycles. The van der Waals surface area contributed by atoms with Crippen LogP contribution in [0.25, 0.3) is 0 Å². The average molecular weight is 357 g/mol. The lowest BCUT2D eigenvalue weighted by Crippen LogP contribution is -2.46. The normalized spacial score (nSPS) is 25.6. The molecule has 116 valence electrons. The van der Waals surface area contributed by atoms with Gasteiger partial charge in [-0.25, -0.2) is 0 Å². The van der Waals surface area contributed by atoms with Crippen LogP contribution < -0.4 is 10.9 Å².